The van der Waals surface area contributed by atoms with Gasteiger partial charge in [0.15, 0.2) is 5.78 Å². The van der Waals surface area contributed by atoms with Crippen LogP contribution in [0.2, 0.25) is 0 Å². The van der Waals surface area contributed by atoms with Crippen LogP contribution in [0.4, 0.5) is 0 Å². The van der Waals surface area contributed by atoms with Gasteiger partial charge in [-0.1, -0.05) is 42.5 Å². The Morgan fingerprint density at radius 2 is 1.94 bits per heavy atom. The zero-order valence-corrected chi connectivity index (χ0v) is 9.82. The van der Waals surface area contributed by atoms with Crippen LogP contribution in [-0.2, 0) is 0 Å². The summed E-state index contributed by atoms with van der Waals surface area (Å²) in [4.78, 5) is 12.3. The molecule has 4 rings (SSSR count). The lowest BCUT2D eigenvalue weighted by molar-refractivity contribution is 0.0971. The van der Waals surface area contributed by atoms with E-state index in [2.05, 4.69) is 12.2 Å². The number of ketones is 1. The fourth-order valence-electron chi connectivity index (χ4n) is 2.49. The quantitative estimate of drug-likeness (QED) is 0.572. The van der Waals surface area contributed by atoms with Crippen LogP contribution in [0.5, 0.6) is 0 Å². The molecule has 1 aliphatic carbocycles. The summed E-state index contributed by atoms with van der Waals surface area (Å²) in [5.74, 6) is 0.771. The summed E-state index contributed by atoms with van der Waals surface area (Å²) in [5.41, 5.74) is 0.862. The standard InChI is InChI=1S/C14H14OS/c15-13(10-4-2-1-3-5-10)14-11-6-8-12(16-14)9-7-11/h1-6,8,11-12,14H,7,9H2. The number of thioether (sulfide) groups is 1. The lowest BCUT2D eigenvalue weighted by Gasteiger charge is -2.36. The van der Waals surface area contributed by atoms with Gasteiger partial charge in [-0.3, -0.25) is 4.79 Å². The molecule has 0 amide bonds. The molecule has 1 aromatic rings. The summed E-state index contributed by atoms with van der Waals surface area (Å²) >= 11 is 1.85. The van der Waals surface area contributed by atoms with Crippen LogP contribution in [-0.4, -0.2) is 16.3 Å². The smallest absolute Gasteiger partial charge is 0.176 e. The van der Waals surface area contributed by atoms with Crippen LogP contribution in [0, 0.1) is 5.92 Å². The Bertz CT molecular complexity index is 424. The van der Waals surface area contributed by atoms with Crippen molar-refractivity contribution in [2.45, 2.75) is 23.3 Å². The number of hydrogen-bond acceptors (Lipinski definition) is 2. The lowest BCUT2D eigenvalue weighted by Crippen LogP contribution is -2.35. The predicted octanol–water partition coefficient (Wildman–Crippen LogP) is 3.32. The highest BCUT2D eigenvalue weighted by Gasteiger charge is 2.37. The van der Waals surface area contributed by atoms with Gasteiger partial charge in [0, 0.05) is 10.8 Å². The van der Waals surface area contributed by atoms with Crippen molar-refractivity contribution in [3.63, 3.8) is 0 Å². The molecule has 82 valence electrons. The average molecular weight is 230 g/mol. The highest BCUT2D eigenvalue weighted by atomic mass is 32.2. The van der Waals surface area contributed by atoms with Gasteiger partial charge in [0.1, 0.15) is 0 Å². The summed E-state index contributed by atoms with van der Waals surface area (Å²) in [6.45, 7) is 0. The Kier molecular flexibility index (Phi) is 2.60. The minimum atomic E-state index is 0.158. The molecule has 0 N–H and O–H groups in total. The second kappa shape index (κ2) is 4.10. The first-order valence-corrected chi connectivity index (χ1v) is 6.72. The second-order valence-electron chi connectivity index (χ2n) is 4.45. The van der Waals surface area contributed by atoms with E-state index in [9.17, 15) is 4.79 Å². The molecule has 1 aromatic carbocycles. The average Bonchev–Trinajstić information content (AvgIpc) is 2.40. The molecule has 2 heterocycles. The largest absolute Gasteiger partial charge is 0.293 e. The highest BCUT2D eigenvalue weighted by molar-refractivity contribution is 8.01. The molecule has 2 aliphatic heterocycles. The molecule has 16 heavy (non-hydrogen) atoms. The SMILES string of the molecule is O=C(c1ccccc1)C1SC2C=CC1CC2. The Hall–Kier alpha value is -1.02. The zero-order valence-electron chi connectivity index (χ0n) is 9.00. The number of carbonyl (C=O) groups is 1. The first-order valence-electron chi connectivity index (χ1n) is 5.77. The van der Waals surface area contributed by atoms with Crippen molar-refractivity contribution in [2.75, 3.05) is 0 Å². The molecule has 3 atom stereocenters. The number of allylic oxidation sites excluding steroid dienone is 1. The fraction of sp³-hybridized carbons (Fsp3) is 0.357. The number of Topliss-reactive ketones (excluding diaryl/α,β-unsaturated/α-hetero) is 1. The van der Waals surface area contributed by atoms with Crippen molar-refractivity contribution in [3.8, 4) is 0 Å². The fourth-order valence-corrected chi connectivity index (χ4v) is 4.01. The Morgan fingerprint density at radius 1 is 1.12 bits per heavy atom. The van der Waals surface area contributed by atoms with Gasteiger partial charge in [0.05, 0.1) is 5.25 Å². The van der Waals surface area contributed by atoms with Crippen LogP contribution in [0.3, 0.4) is 0 Å². The number of carbonyl (C=O) groups excluding carboxylic acids is 1. The molecule has 3 unspecified atom stereocenters. The van der Waals surface area contributed by atoms with Gasteiger partial charge < -0.3 is 0 Å². The van der Waals surface area contributed by atoms with Crippen LogP contribution >= 0.6 is 11.8 Å². The van der Waals surface area contributed by atoms with Crippen molar-refractivity contribution in [2.24, 2.45) is 5.92 Å². The molecule has 0 radical (unpaired) electrons. The maximum atomic E-state index is 12.3. The van der Waals surface area contributed by atoms with E-state index in [1.807, 2.05) is 42.1 Å². The lowest BCUT2D eigenvalue weighted by atomic mass is 9.88. The first-order chi connectivity index (χ1) is 7.84. The van der Waals surface area contributed by atoms with Crippen LogP contribution in [0.15, 0.2) is 42.5 Å². The maximum Gasteiger partial charge on any atom is 0.176 e. The summed E-state index contributed by atoms with van der Waals surface area (Å²) in [6, 6.07) is 9.68. The van der Waals surface area contributed by atoms with E-state index in [0.29, 0.717) is 17.0 Å². The van der Waals surface area contributed by atoms with Crippen molar-refractivity contribution in [3.05, 3.63) is 48.0 Å². The number of hydrogen-bond donors (Lipinski definition) is 0. The van der Waals surface area contributed by atoms with Crippen LogP contribution in [0.1, 0.15) is 23.2 Å². The van der Waals surface area contributed by atoms with Gasteiger partial charge in [0.2, 0.25) is 0 Å². The second-order valence-corrected chi connectivity index (χ2v) is 5.84. The van der Waals surface area contributed by atoms with Gasteiger partial charge >= 0.3 is 0 Å². The Balaban J connectivity index is 1.84. The van der Waals surface area contributed by atoms with Crippen molar-refractivity contribution in [1.29, 1.82) is 0 Å². The van der Waals surface area contributed by atoms with Crippen LogP contribution < -0.4 is 0 Å². The monoisotopic (exact) mass is 230 g/mol. The molecule has 0 saturated carbocycles. The maximum absolute atomic E-state index is 12.3. The normalized spacial score (nSPS) is 31.6. The molecule has 2 heteroatoms. The van der Waals surface area contributed by atoms with Gasteiger partial charge in [-0.15, -0.1) is 11.8 Å². The summed E-state index contributed by atoms with van der Waals surface area (Å²) in [5, 5.41) is 0.730. The minimum absolute atomic E-state index is 0.158. The van der Waals surface area contributed by atoms with E-state index >= 15 is 0 Å². The summed E-state index contributed by atoms with van der Waals surface area (Å²) in [6.07, 6.45) is 6.94. The molecule has 1 fully saturated rings. The van der Waals surface area contributed by atoms with Crippen LogP contribution in [0.25, 0.3) is 0 Å². The third-order valence-electron chi connectivity index (χ3n) is 3.38. The van der Waals surface area contributed by atoms with E-state index in [-0.39, 0.29) is 5.25 Å². The topological polar surface area (TPSA) is 17.1 Å². The Morgan fingerprint density at radius 3 is 2.50 bits per heavy atom. The van der Waals surface area contributed by atoms with Gasteiger partial charge in [-0.25, -0.2) is 0 Å². The summed E-state index contributed by atoms with van der Waals surface area (Å²) < 4.78 is 0. The molecule has 1 nitrogen and oxygen atoms in total. The predicted molar refractivity (Wildman–Crippen MR) is 67.8 cm³/mol. The molecule has 0 aromatic heterocycles. The number of benzene rings is 1. The first kappa shape index (κ1) is 10.2. The van der Waals surface area contributed by atoms with Gasteiger partial charge in [-0.2, -0.15) is 0 Å². The van der Waals surface area contributed by atoms with Gasteiger partial charge in [-0.05, 0) is 18.8 Å². The number of fused-ring (bicyclic) bond motifs is 2. The molecule has 0 spiro atoms. The van der Waals surface area contributed by atoms with E-state index < -0.39 is 0 Å². The number of rotatable bonds is 2. The van der Waals surface area contributed by atoms with Crippen molar-refractivity contribution in [1.82, 2.24) is 0 Å². The summed E-state index contributed by atoms with van der Waals surface area (Å²) in [7, 11) is 0. The molecular formula is C14H14OS. The van der Waals surface area contributed by atoms with E-state index in [1.165, 1.54) is 12.8 Å². The van der Waals surface area contributed by atoms with E-state index in [1.54, 1.807) is 0 Å². The molecule has 2 bridgehead atoms. The highest BCUT2D eigenvalue weighted by Crippen LogP contribution is 2.43. The zero-order chi connectivity index (χ0) is 11.0. The minimum Gasteiger partial charge on any atom is -0.293 e. The third kappa shape index (κ3) is 1.71. The Labute approximate surface area is 99.9 Å². The van der Waals surface area contributed by atoms with Crippen molar-refractivity contribution < 1.29 is 4.79 Å². The van der Waals surface area contributed by atoms with E-state index in [4.69, 9.17) is 0 Å². The van der Waals surface area contributed by atoms with E-state index in [0.717, 1.165) is 5.56 Å². The third-order valence-corrected chi connectivity index (χ3v) is 4.98. The van der Waals surface area contributed by atoms with Crippen molar-refractivity contribution >= 4 is 17.5 Å². The van der Waals surface area contributed by atoms with Gasteiger partial charge in [0.25, 0.3) is 0 Å². The molecule has 1 saturated heterocycles. The molecular weight excluding hydrogens is 216 g/mol. The molecule has 3 aliphatic rings.